The maximum atomic E-state index is 12.6. The van der Waals surface area contributed by atoms with E-state index in [4.69, 9.17) is 9.47 Å². The van der Waals surface area contributed by atoms with Crippen LogP contribution in [0.2, 0.25) is 0 Å². The molecule has 0 unspecified atom stereocenters. The van der Waals surface area contributed by atoms with Crippen LogP contribution in [0.3, 0.4) is 0 Å². The molecule has 6 heteroatoms. The number of rotatable bonds is 4. The summed E-state index contributed by atoms with van der Waals surface area (Å²) in [6.07, 6.45) is 1.73. The van der Waals surface area contributed by atoms with Crippen LogP contribution in [-0.4, -0.2) is 30.3 Å². The van der Waals surface area contributed by atoms with Gasteiger partial charge in [0, 0.05) is 11.1 Å². The zero-order chi connectivity index (χ0) is 15.5. The number of nitrogens with one attached hydrogen (secondary N) is 2. The SMILES string of the molecule is COc1cccc(OC)c1C(=O)Nc1ccc2cn[nH]c2c1. The van der Waals surface area contributed by atoms with Gasteiger partial charge in [-0.3, -0.25) is 9.89 Å². The first kappa shape index (κ1) is 13.9. The highest BCUT2D eigenvalue weighted by Crippen LogP contribution is 2.29. The highest BCUT2D eigenvalue weighted by molar-refractivity contribution is 6.08. The fraction of sp³-hybridized carbons (Fsp3) is 0.125. The van der Waals surface area contributed by atoms with Gasteiger partial charge in [0.25, 0.3) is 5.91 Å². The molecule has 0 saturated carbocycles. The van der Waals surface area contributed by atoms with Gasteiger partial charge in [0.2, 0.25) is 0 Å². The molecule has 2 aromatic carbocycles. The number of amides is 1. The van der Waals surface area contributed by atoms with Crippen molar-refractivity contribution in [3.8, 4) is 11.5 Å². The predicted molar refractivity (Wildman–Crippen MR) is 83.6 cm³/mol. The highest BCUT2D eigenvalue weighted by Gasteiger charge is 2.18. The molecule has 3 aromatic rings. The largest absolute Gasteiger partial charge is 0.496 e. The van der Waals surface area contributed by atoms with Crippen LogP contribution in [-0.2, 0) is 0 Å². The molecule has 112 valence electrons. The summed E-state index contributed by atoms with van der Waals surface area (Å²) >= 11 is 0. The number of anilines is 1. The van der Waals surface area contributed by atoms with Crippen molar-refractivity contribution in [1.29, 1.82) is 0 Å². The molecule has 0 fully saturated rings. The molecule has 0 atom stereocenters. The Morgan fingerprint density at radius 1 is 1.14 bits per heavy atom. The lowest BCUT2D eigenvalue weighted by molar-refractivity contribution is 0.102. The molecule has 0 radical (unpaired) electrons. The van der Waals surface area contributed by atoms with Crippen LogP contribution >= 0.6 is 0 Å². The predicted octanol–water partition coefficient (Wildman–Crippen LogP) is 2.83. The molecule has 1 heterocycles. The van der Waals surface area contributed by atoms with E-state index in [1.807, 2.05) is 18.2 Å². The minimum Gasteiger partial charge on any atom is -0.496 e. The van der Waals surface area contributed by atoms with Gasteiger partial charge in [-0.2, -0.15) is 5.10 Å². The van der Waals surface area contributed by atoms with E-state index in [-0.39, 0.29) is 5.91 Å². The van der Waals surface area contributed by atoms with Gasteiger partial charge in [0.05, 0.1) is 25.9 Å². The summed E-state index contributed by atoms with van der Waals surface area (Å²) in [5, 5.41) is 10.6. The first-order valence-electron chi connectivity index (χ1n) is 6.68. The van der Waals surface area contributed by atoms with E-state index in [0.717, 1.165) is 10.9 Å². The lowest BCUT2D eigenvalue weighted by Crippen LogP contribution is -2.14. The molecule has 1 amide bonds. The van der Waals surface area contributed by atoms with E-state index in [9.17, 15) is 4.79 Å². The Hall–Kier alpha value is -3.02. The molecule has 0 spiro atoms. The maximum absolute atomic E-state index is 12.6. The van der Waals surface area contributed by atoms with E-state index in [0.29, 0.717) is 22.7 Å². The average molecular weight is 297 g/mol. The number of nitrogens with zero attached hydrogens (tertiary/aromatic N) is 1. The summed E-state index contributed by atoms with van der Waals surface area (Å²) in [7, 11) is 3.03. The second-order valence-corrected chi connectivity index (χ2v) is 4.66. The van der Waals surface area contributed by atoms with Crippen LogP contribution in [0.4, 0.5) is 5.69 Å². The second-order valence-electron chi connectivity index (χ2n) is 4.66. The molecule has 0 saturated heterocycles. The van der Waals surface area contributed by atoms with Crippen LogP contribution in [0.1, 0.15) is 10.4 Å². The Morgan fingerprint density at radius 3 is 2.55 bits per heavy atom. The zero-order valence-electron chi connectivity index (χ0n) is 12.2. The van der Waals surface area contributed by atoms with Crippen molar-refractivity contribution in [2.45, 2.75) is 0 Å². The summed E-state index contributed by atoms with van der Waals surface area (Å²) in [6, 6.07) is 10.7. The summed E-state index contributed by atoms with van der Waals surface area (Å²) in [5.74, 6) is 0.618. The standard InChI is InChI=1S/C16H15N3O3/c1-21-13-4-3-5-14(22-2)15(13)16(20)18-11-7-6-10-9-17-19-12(10)8-11/h3-9H,1-2H3,(H,17,19)(H,18,20). The van der Waals surface area contributed by atoms with Crippen LogP contribution in [0.25, 0.3) is 10.9 Å². The molecular formula is C16H15N3O3. The average Bonchev–Trinajstić information content (AvgIpc) is 3.01. The molecule has 3 rings (SSSR count). The Bertz CT molecular complexity index is 804. The summed E-state index contributed by atoms with van der Waals surface area (Å²) in [4.78, 5) is 12.6. The first-order chi connectivity index (χ1) is 10.7. The lowest BCUT2D eigenvalue weighted by atomic mass is 10.1. The number of hydrogen-bond donors (Lipinski definition) is 2. The van der Waals surface area contributed by atoms with E-state index in [1.54, 1.807) is 24.4 Å². The van der Waals surface area contributed by atoms with Gasteiger partial charge in [0.15, 0.2) is 0 Å². The van der Waals surface area contributed by atoms with Crippen LogP contribution in [0, 0.1) is 0 Å². The quantitative estimate of drug-likeness (QED) is 0.776. The van der Waals surface area contributed by atoms with Gasteiger partial charge >= 0.3 is 0 Å². The third kappa shape index (κ3) is 2.46. The monoisotopic (exact) mass is 297 g/mol. The van der Waals surface area contributed by atoms with Crippen molar-refractivity contribution in [1.82, 2.24) is 10.2 Å². The molecule has 0 bridgehead atoms. The number of fused-ring (bicyclic) bond motifs is 1. The van der Waals surface area contributed by atoms with Gasteiger partial charge in [-0.1, -0.05) is 6.07 Å². The van der Waals surface area contributed by atoms with Gasteiger partial charge < -0.3 is 14.8 Å². The highest BCUT2D eigenvalue weighted by atomic mass is 16.5. The molecular weight excluding hydrogens is 282 g/mol. The van der Waals surface area contributed by atoms with Crippen molar-refractivity contribution in [2.75, 3.05) is 19.5 Å². The van der Waals surface area contributed by atoms with Gasteiger partial charge in [0.1, 0.15) is 17.1 Å². The van der Waals surface area contributed by atoms with Crippen molar-refractivity contribution in [2.24, 2.45) is 0 Å². The molecule has 0 aliphatic rings. The molecule has 6 nitrogen and oxygen atoms in total. The van der Waals surface area contributed by atoms with Crippen molar-refractivity contribution in [3.05, 3.63) is 48.2 Å². The van der Waals surface area contributed by atoms with E-state index < -0.39 is 0 Å². The number of aromatic amines is 1. The Morgan fingerprint density at radius 2 is 1.86 bits per heavy atom. The lowest BCUT2D eigenvalue weighted by Gasteiger charge is -2.13. The Kier molecular flexibility index (Phi) is 3.65. The zero-order valence-corrected chi connectivity index (χ0v) is 12.2. The summed E-state index contributed by atoms with van der Waals surface area (Å²) < 4.78 is 10.5. The van der Waals surface area contributed by atoms with E-state index in [1.165, 1.54) is 14.2 Å². The fourth-order valence-corrected chi connectivity index (χ4v) is 2.28. The van der Waals surface area contributed by atoms with Gasteiger partial charge in [-0.15, -0.1) is 0 Å². The number of aromatic nitrogens is 2. The maximum Gasteiger partial charge on any atom is 0.263 e. The van der Waals surface area contributed by atoms with Gasteiger partial charge in [-0.25, -0.2) is 0 Å². The molecule has 22 heavy (non-hydrogen) atoms. The number of benzene rings is 2. The molecule has 2 N–H and O–H groups in total. The Balaban J connectivity index is 1.94. The van der Waals surface area contributed by atoms with Crippen LogP contribution in [0.15, 0.2) is 42.6 Å². The smallest absolute Gasteiger partial charge is 0.263 e. The second kappa shape index (κ2) is 5.77. The first-order valence-corrected chi connectivity index (χ1v) is 6.68. The van der Waals surface area contributed by atoms with Crippen molar-refractivity contribution < 1.29 is 14.3 Å². The fourth-order valence-electron chi connectivity index (χ4n) is 2.28. The van der Waals surface area contributed by atoms with Crippen LogP contribution < -0.4 is 14.8 Å². The van der Waals surface area contributed by atoms with Crippen molar-refractivity contribution >= 4 is 22.5 Å². The normalized spacial score (nSPS) is 10.5. The van der Waals surface area contributed by atoms with E-state index in [2.05, 4.69) is 15.5 Å². The number of methoxy groups -OCH3 is 2. The third-order valence-electron chi connectivity index (χ3n) is 3.35. The number of hydrogen-bond acceptors (Lipinski definition) is 4. The Labute approximate surface area is 127 Å². The molecule has 0 aliphatic heterocycles. The number of H-pyrrole nitrogens is 1. The minimum atomic E-state index is -0.298. The van der Waals surface area contributed by atoms with E-state index >= 15 is 0 Å². The topological polar surface area (TPSA) is 76.2 Å². The minimum absolute atomic E-state index is 0.298. The van der Waals surface area contributed by atoms with Gasteiger partial charge in [-0.05, 0) is 30.3 Å². The molecule has 0 aliphatic carbocycles. The van der Waals surface area contributed by atoms with Crippen molar-refractivity contribution in [3.63, 3.8) is 0 Å². The summed E-state index contributed by atoms with van der Waals surface area (Å²) in [5.41, 5.74) is 1.87. The third-order valence-corrected chi connectivity index (χ3v) is 3.35. The number of carbonyl (C=O) groups is 1. The number of ether oxygens (including phenoxy) is 2. The molecule has 1 aromatic heterocycles. The number of carbonyl (C=O) groups excluding carboxylic acids is 1. The van der Waals surface area contributed by atoms with Crippen LogP contribution in [0.5, 0.6) is 11.5 Å². The summed E-state index contributed by atoms with van der Waals surface area (Å²) in [6.45, 7) is 0.